The molecular formula is C28H30BrCl2N3O4S. The number of amides is 2. The maximum atomic E-state index is 13.9. The van der Waals surface area contributed by atoms with Gasteiger partial charge in [-0.05, 0) is 75.7 Å². The largest absolute Gasteiger partial charge is 0.350 e. The van der Waals surface area contributed by atoms with Crippen LogP contribution in [0.5, 0.6) is 0 Å². The normalized spacial score (nSPS) is 12.5. The van der Waals surface area contributed by atoms with E-state index in [0.717, 1.165) is 14.3 Å². The van der Waals surface area contributed by atoms with E-state index in [2.05, 4.69) is 21.2 Å². The summed E-state index contributed by atoms with van der Waals surface area (Å²) >= 11 is 16.0. The van der Waals surface area contributed by atoms with Crippen LogP contribution < -0.4 is 9.62 Å². The van der Waals surface area contributed by atoms with Crippen LogP contribution in [0.15, 0.2) is 82.2 Å². The summed E-state index contributed by atoms with van der Waals surface area (Å²) in [6.07, 6.45) is 0. The average Bonchev–Trinajstić information content (AvgIpc) is 2.87. The summed E-state index contributed by atoms with van der Waals surface area (Å²) < 4.78 is 29.4. The number of sulfonamides is 1. The van der Waals surface area contributed by atoms with E-state index in [4.69, 9.17) is 23.2 Å². The van der Waals surface area contributed by atoms with Crippen LogP contribution in [0.3, 0.4) is 0 Å². The van der Waals surface area contributed by atoms with Gasteiger partial charge in [-0.15, -0.1) is 0 Å². The maximum absolute atomic E-state index is 13.9. The summed E-state index contributed by atoms with van der Waals surface area (Å²) in [7, 11) is -4.24. The van der Waals surface area contributed by atoms with Gasteiger partial charge < -0.3 is 10.2 Å². The fourth-order valence-electron chi connectivity index (χ4n) is 3.75. The Balaban J connectivity index is 2.06. The van der Waals surface area contributed by atoms with Crippen molar-refractivity contribution < 1.29 is 18.0 Å². The van der Waals surface area contributed by atoms with E-state index in [1.54, 1.807) is 25.1 Å². The summed E-state index contributed by atoms with van der Waals surface area (Å²) in [5.74, 6) is -0.962. The second-order valence-electron chi connectivity index (χ2n) is 9.98. The average molecular weight is 655 g/mol. The Kier molecular flexibility index (Phi) is 10.1. The Morgan fingerprint density at radius 1 is 0.974 bits per heavy atom. The number of carbonyl (C=O) groups excluding carboxylic acids is 2. The van der Waals surface area contributed by atoms with Crippen LogP contribution in [-0.2, 0) is 26.2 Å². The van der Waals surface area contributed by atoms with Gasteiger partial charge in [0.25, 0.3) is 10.0 Å². The zero-order valence-corrected chi connectivity index (χ0v) is 25.9. The number of hydrogen-bond acceptors (Lipinski definition) is 4. The first-order chi connectivity index (χ1) is 18.2. The number of carbonyl (C=O) groups is 2. The summed E-state index contributed by atoms with van der Waals surface area (Å²) in [6.45, 7) is 6.60. The number of nitrogens with one attached hydrogen (secondary N) is 1. The highest BCUT2D eigenvalue weighted by Gasteiger charge is 2.34. The van der Waals surface area contributed by atoms with Crippen molar-refractivity contribution in [2.45, 2.75) is 50.7 Å². The van der Waals surface area contributed by atoms with E-state index in [-0.39, 0.29) is 33.1 Å². The first-order valence-electron chi connectivity index (χ1n) is 12.1. The first kappa shape index (κ1) is 30.9. The van der Waals surface area contributed by atoms with E-state index in [1.807, 2.05) is 45.0 Å². The first-order valence-corrected chi connectivity index (χ1v) is 15.1. The van der Waals surface area contributed by atoms with Crippen LogP contribution in [-0.4, -0.2) is 43.3 Å². The highest BCUT2D eigenvalue weighted by atomic mass is 79.9. The highest BCUT2D eigenvalue weighted by Crippen LogP contribution is 2.33. The molecule has 0 heterocycles. The molecule has 0 saturated carbocycles. The molecule has 7 nitrogen and oxygen atoms in total. The van der Waals surface area contributed by atoms with Crippen molar-refractivity contribution in [1.82, 2.24) is 10.2 Å². The predicted molar refractivity (Wildman–Crippen MR) is 159 cm³/mol. The van der Waals surface area contributed by atoms with E-state index in [0.29, 0.717) is 0 Å². The quantitative estimate of drug-likeness (QED) is 0.294. The predicted octanol–water partition coefficient (Wildman–Crippen LogP) is 6.28. The Bertz CT molecular complexity index is 1430. The number of hydrogen-bond donors (Lipinski definition) is 1. The standard InChI is InChI=1S/C28H30BrCl2N3O4S/c1-19(27(36)32-28(2,3)4)33(17-20-10-12-21(29)13-11-20)26(35)18-34(25-16-22(30)14-15-24(25)31)39(37,38)23-8-6-5-7-9-23/h5-16,19H,17-18H2,1-4H3,(H,32,36)/t19-/m1/s1. The van der Waals surface area contributed by atoms with Crippen molar-refractivity contribution in [2.75, 3.05) is 10.8 Å². The Morgan fingerprint density at radius 3 is 2.18 bits per heavy atom. The number of anilines is 1. The molecular weight excluding hydrogens is 625 g/mol. The van der Waals surface area contributed by atoms with E-state index < -0.39 is 34.1 Å². The van der Waals surface area contributed by atoms with Gasteiger partial charge in [-0.1, -0.05) is 69.5 Å². The molecule has 0 spiro atoms. The molecule has 0 radical (unpaired) electrons. The lowest BCUT2D eigenvalue weighted by Gasteiger charge is -2.33. The van der Waals surface area contributed by atoms with Crippen LogP contribution in [0.25, 0.3) is 0 Å². The topological polar surface area (TPSA) is 86.8 Å². The van der Waals surface area contributed by atoms with Crippen molar-refractivity contribution in [3.05, 3.63) is 92.9 Å². The molecule has 0 saturated heterocycles. The van der Waals surface area contributed by atoms with Gasteiger partial charge >= 0.3 is 0 Å². The second kappa shape index (κ2) is 12.7. The molecule has 0 fully saturated rings. The number of halogens is 3. The van der Waals surface area contributed by atoms with Crippen LogP contribution in [0, 0.1) is 0 Å². The minimum Gasteiger partial charge on any atom is -0.350 e. The van der Waals surface area contributed by atoms with Crippen molar-refractivity contribution in [3.8, 4) is 0 Å². The fourth-order valence-corrected chi connectivity index (χ4v) is 5.90. The molecule has 39 heavy (non-hydrogen) atoms. The van der Waals surface area contributed by atoms with Gasteiger partial charge in [-0.25, -0.2) is 8.42 Å². The monoisotopic (exact) mass is 653 g/mol. The van der Waals surface area contributed by atoms with Crippen LogP contribution in [0.2, 0.25) is 10.0 Å². The van der Waals surface area contributed by atoms with Crippen molar-refractivity contribution in [1.29, 1.82) is 0 Å². The number of nitrogens with zero attached hydrogens (tertiary/aromatic N) is 2. The van der Waals surface area contributed by atoms with Gasteiger partial charge in [0.2, 0.25) is 11.8 Å². The lowest BCUT2D eigenvalue weighted by molar-refractivity contribution is -0.140. The number of benzene rings is 3. The van der Waals surface area contributed by atoms with Crippen molar-refractivity contribution >= 4 is 66.7 Å². The lowest BCUT2D eigenvalue weighted by Crippen LogP contribution is -2.54. The Morgan fingerprint density at radius 2 is 1.59 bits per heavy atom. The van der Waals surface area contributed by atoms with Crippen LogP contribution in [0.4, 0.5) is 5.69 Å². The summed E-state index contributed by atoms with van der Waals surface area (Å²) in [6, 6.07) is 18.5. The third kappa shape index (κ3) is 8.20. The molecule has 1 atom stereocenters. The molecule has 0 aliphatic carbocycles. The van der Waals surface area contributed by atoms with Gasteiger partial charge in [0.1, 0.15) is 12.6 Å². The molecule has 0 bridgehead atoms. The zero-order chi connectivity index (χ0) is 29.0. The molecule has 0 aliphatic rings. The summed E-state index contributed by atoms with van der Waals surface area (Å²) in [5, 5.41) is 3.25. The summed E-state index contributed by atoms with van der Waals surface area (Å²) in [5.41, 5.74) is 0.284. The van der Waals surface area contributed by atoms with E-state index in [1.165, 1.54) is 35.2 Å². The smallest absolute Gasteiger partial charge is 0.264 e. The van der Waals surface area contributed by atoms with Gasteiger partial charge in [-0.3, -0.25) is 13.9 Å². The van der Waals surface area contributed by atoms with E-state index >= 15 is 0 Å². The molecule has 1 N–H and O–H groups in total. The molecule has 3 aromatic rings. The molecule has 208 valence electrons. The van der Waals surface area contributed by atoms with Crippen molar-refractivity contribution in [2.24, 2.45) is 0 Å². The minimum atomic E-state index is -4.24. The maximum Gasteiger partial charge on any atom is 0.264 e. The molecule has 0 aromatic heterocycles. The SMILES string of the molecule is C[C@H](C(=O)NC(C)(C)C)N(Cc1ccc(Br)cc1)C(=O)CN(c1cc(Cl)ccc1Cl)S(=O)(=O)c1ccccc1. The summed E-state index contributed by atoms with van der Waals surface area (Å²) in [4.78, 5) is 28.4. The second-order valence-corrected chi connectivity index (χ2v) is 13.6. The zero-order valence-electron chi connectivity index (χ0n) is 22.0. The van der Waals surface area contributed by atoms with Gasteiger partial charge in [0, 0.05) is 21.6 Å². The molecule has 3 aromatic carbocycles. The third-order valence-corrected chi connectivity index (χ3v) is 8.58. The molecule has 3 rings (SSSR count). The molecule has 11 heteroatoms. The Hall–Kier alpha value is -2.59. The number of rotatable bonds is 9. The minimum absolute atomic E-state index is 0.0215. The Labute approximate surface area is 248 Å². The van der Waals surface area contributed by atoms with E-state index in [9.17, 15) is 18.0 Å². The highest BCUT2D eigenvalue weighted by molar-refractivity contribution is 9.10. The van der Waals surface area contributed by atoms with Crippen molar-refractivity contribution in [3.63, 3.8) is 0 Å². The lowest BCUT2D eigenvalue weighted by atomic mass is 10.1. The third-order valence-electron chi connectivity index (χ3n) is 5.72. The van der Waals surface area contributed by atoms with Gasteiger partial charge in [0.05, 0.1) is 15.6 Å². The van der Waals surface area contributed by atoms with Crippen LogP contribution in [0.1, 0.15) is 33.3 Å². The van der Waals surface area contributed by atoms with Gasteiger partial charge in [0.15, 0.2) is 0 Å². The van der Waals surface area contributed by atoms with Gasteiger partial charge in [-0.2, -0.15) is 0 Å². The molecule has 0 aliphatic heterocycles. The molecule has 2 amide bonds. The van der Waals surface area contributed by atoms with Crippen LogP contribution >= 0.6 is 39.1 Å². The fraction of sp³-hybridized carbons (Fsp3) is 0.286. The molecule has 0 unspecified atom stereocenters.